The second kappa shape index (κ2) is 16.7. The normalized spacial score (nSPS) is 17.4. The van der Waals surface area contributed by atoms with E-state index in [4.69, 9.17) is 28.0 Å². The molecule has 2 bridgehead atoms. The minimum absolute atomic E-state index is 0.265. The minimum Gasteiger partial charge on any atom is -0.467 e. The smallest absolute Gasteiger partial charge is 0.328 e. The van der Waals surface area contributed by atoms with E-state index in [2.05, 4.69) is 37.6 Å². The first-order valence-electron chi connectivity index (χ1n) is 13.7. The SMILES string of the molecule is C=C(/C=C\C(Cl)=C/C/C=C/C(=O)N[C@H]1CCCCC(C(=O)OC)Nc2cc(NC)ccc2-c2cc1ncn2)N(N)/C=N\N. The van der Waals surface area contributed by atoms with Crippen LogP contribution in [0.4, 0.5) is 11.4 Å². The van der Waals surface area contributed by atoms with Crippen molar-refractivity contribution in [3.63, 3.8) is 0 Å². The van der Waals surface area contributed by atoms with Crippen LogP contribution in [0.1, 0.15) is 43.8 Å². The van der Waals surface area contributed by atoms with Crippen molar-refractivity contribution < 1.29 is 14.3 Å². The predicted octanol–water partition coefficient (Wildman–Crippen LogP) is 4.09. The molecule has 1 unspecified atom stereocenters. The van der Waals surface area contributed by atoms with Crippen molar-refractivity contribution in [2.75, 3.05) is 24.8 Å². The molecule has 43 heavy (non-hydrogen) atoms. The highest BCUT2D eigenvalue weighted by molar-refractivity contribution is 6.31. The number of halogens is 1. The Labute approximate surface area is 256 Å². The predicted molar refractivity (Wildman–Crippen MR) is 170 cm³/mol. The van der Waals surface area contributed by atoms with Crippen LogP contribution in [0.15, 0.2) is 83.4 Å². The number of nitrogens with two attached hydrogens (primary N) is 2. The standard InChI is InChI=1S/C30H38ClN9O3/c1-20(40(33)19-37-32)12-13-21(31)8-4-7-11-29(41)39-24-9-5-6-10-25(30(42)43-3)38-27-16-22(34-2)14-15-23(27)26-17-28(24)36-18-35-26/h7-8,11-19,24-25,34,38H,1,4-6,9-10,32-33H2,2-3H3,(H,39,41)/b11-7+,13-12-,21-8+,37-19-/t24-,25?/m0/s1. The number of hydrogen-bond donors (Lipinski definition) is 5. The van der Waals surface area contributed by atoms with Crippen molar-refractivity contribution >= 4 is 41.2 Å². The summed E-state index contributed by atoms with van der Waals surface area (Å²) in [6.45, 7) is 3.78. The zero-order chi connectivity index (χ0) is 31.2. The molecule has 0 spiro atoms. The van der Waals surface area contributed by atoms with E-state index in [0.29, 0.717) is 41.4 Å². The molecular weight excluding hydrogens is 570 g/mol. The second-order valence-corrected chi connectivity index (χ2v) is 10.1. The maximum Gasteiger partial charge on any atom is 0.328 e. The van der Waals surface area contributed by atoms with E-state index < -0.39 is 6.04 Å². The topological polar surface area (TPSA) is 173 Å². The number of anilines is 2. The van der Waals surface area contributed by atoms with Gasteiger partial charge in [-0.3, -0.25) is 9.80 Å². The molecule has 1 amide bonds. The van der Waals surface area contributed by atoms with Crippen molar-refractivity contribution in [3.05, 3.63) is 84.0 Å². The number of hydrogen-bond acceptors (Lipinski definition) is 10. The maximum absolute atomic E-state index is 12.9. The first-order chi connectivity index (χ1) is 20.7. The third-order valence-electron chi connectivity index (χ3n) is 6.67. The van der Waals surface area contributed by atoms with Crippen LogP contribution in [-0.2, 0) is 14.3 Å². The van der Waals surface area contributed by atoms with Crippen molar-refractivity contribution in [3.8, 4) is 11.3 Å². The minimum atomic E-state index is -0.533. The van der Waals surface area contributed by atoms with Gasteiger partial charge in [0.05, 0.1) is 30.2 Å². The van der Waals surface area contributed by atoms with Crippen LogP contribution < -0.4 is 27.6 Å². The van der Waals surface area contributed by atoms with Crippen molar-refractivity contribution in [2.45, 2.75) is 44.2 Å². The van der Waals surface area contributed by atoms with Gasteiger partial charge in [-0.2, -0.15) is 5.10 Å². The Morgan fingerprint density at radius 1 is 1.23 bits per heavy atom. The Morgan fingerprint density at radius 3 is 2.77 bits per heavy atom. The van der Waals surface area contributed by atoms with Gasteiger partial charge >= 0.3 is 5.97 Å². The third-order valence-corrected chi connectivity index (χ3v) is 6.95. The van der Waals surface area contributed by atoms with Crippen molar-refractivity contribution in [1.82, 2.24) is 20.3 Å². The molecule has 0 saturated carbocycles. The van der Waals surface area contributed by atoms with Crippen molar-refractivity contribution in [1.29, 1.82) is 0 Å². The fourth-order valence-corrected chi connectivity index (χ4v) is 4.53. The van der Waals surface area contributed by atoms with E-state index >= 15 is 0 Å². The summed E-state index contributed by atoms with van der Waals surface area (Å²) < 4.78 is 5.06. The van der Waals surface area contributed by atoms with Gasteiger partial charge in [-0.05, 0) is 61.8 Å². The quantitative estimate of drug-likeness (QED) is 0.0503. The van der Waals surface area contributed by atoms with Gasteiger partial charge in [0.2, 0.25) is 5.91 Å². The van der Waals surface area contributed by atoms with E-state index in [9.17, 15) is 9.59 Å². The molecule has 0 fully saturated rings. The summed E-state index contributed by atoms with van der Waals surface area (Å²) in [6.07, 6.45) is 13.9. The largest absolute Gasteiger partial charge is 0.467 e. The van der Waals surface area contributed by atoms with E-state index in [0.717, 1.165) is 34.8 Å². The van der Waals surface area contributed by atoms with Gasteiger partial charge in [0, 0.05) is 29.0 Å². The van der Waals surface area contributed by atoms with Crippen LogP contribution in [-0.4, -0.2) is 53.4 Å². The van der Waals surface area contributed by atoms with Crippen LogP contribution in [0.25, 0.3) is 11.3 Å². The van der Waals surface area contributed by atoms with E-state index in [-0.39, 0.29) is 17.9 Å². The Hall–Kier alpha value is -4.68. The Kier molecular flexibility index (Phi) is 12.7. The Morgan fingerprint density at radius 2 is 2.02 bits per heavy atom. The molecule has 0 aliphatic carbocycles. The van der Waals surface area contributed by atoms with Gasteiger partial charge in [-0.25, -0.2) is 20.6 Å². The Balaban J connectivity index is 1.76. The highest BCUT2D eigenvalue weighted by Gasteiger charge is 2.23. The lowest BCUT2D eigenvalue weighted by Crippen LogP contribution is -2.31. The molecule has 2 aromatic rings. The summed E-state index contributed by atoms with van der Waals surface area (Å²) in [4.78, 5) is 34.5. The van der Waals surface area contributed by atoms with Gasteiger partial charge in [0.1, 0.15) is 18.7 Å². The average molecular weight is 608 g/mol. The van der Waals surface area contributed by atoms with Crippen LogP contribution >= 0.6 is 11.6 Å². The maximum atomic E-state index is 12.9. The molecule has 1 aromatic carbocycles. The molecule has 1 aromatic heterocycles. The molecular formula is C30H38ClN9O3. The number of carbonyl (C=O) groups excluding carboxylic acids is 2. The molecule has 228 valence electrons. The molecule has 1 aliphatic heterocycles. The van der Waals surface area contributed by atoms with Gasteiger partial charge in [0.15, 0.2) is 0 Å². The molecule has 13 heteroatoms. The number of hydrazine groups is 1. The van der Waals surface area contributed by atoms with Gasteiger partial charge < -0.3 is 26.5 Å². The van der Waals surface area contributed by atoms with E-state index in [1.165, 1.54) is 25.9 Å². The van der Waals surface area contributed by atoms with Crippen LogP contribution in [0.2, 0.25) is 0 Å². The summed E-state index contributed by atoms with van der Waals surface area (Å²) in [6, 6.07) is 6.77. The molecule has 12 nitrogen and oxygen atoms in total. The number of nitrogens with one attached hydrogen (secondary N) is 3. The molecule has 0 saturated heterocycles. The first kappa shape index (κ1) is 32.8. The number of ether oxygens (including phenoxy) is 1. The van der Waals surface area contributed by atoms with Crippen LogP contribution in [0.3, 0.4) is 0 Å². The summed E-state index contributed by atoms with van der Waals surface area (Å²) in [5, 5.41) is 14.5. The molecule has 3 rings (SSSR count). The van der Waals surface area contributed by atoms with Gasteiger partial charge in [-0.15, -0.1) is 0 Å². The van der Waals surface area contributed by atoms with E-state index in [1.54, 1.807) is 24.3 Å². The molecule has 1 aliphatic rings. The number of benzene rings is 1. The van der Waals surface area contributed by atoms with Crippen LogP contribution in [0, 0.1) is 0 Å². The number of rotatable bonds is 10. The monoisotopic (exact) mass is 607 g/mol. The lowest BCUT2D eigenvalue weighted by molar-refractivity contribution is -0.141. The molecule has 2 atom stereocenters. The van der Waals surface area contributed by atoms with Crippen molar-refractivity contribution in [2.24, 2.45) is 16.8 Å². The number of hydrazone groups is 1. The fourth-order valence-electron chi connectivity index (χ4n) is 4.37. The number of methoxy groups -OCH3 is 1. The molecule has 0 radical (unpaired) electrons. The number of nitrogens with zero attached hydrogens (tertiary/aromatic N) is 4. The Bertz CT molecular complexity index is 1410. The van der Waals surface area contributed by atoms with E-state index in [1.807, 2.05) is 31.3 Å². The number of aromatic nitrogens is 2. The van der Waals surface area contributed by atoms with Gasteiger partial charge in [0.25, 0.3) is 0 Å². The lowest BCUT2D eigenvalue weighted by atomic mass is 9.98. The summed E-state index contributed by atoms with van der Waals surface area (Å²) in [7, 11) is 3.21. The number of fused-ring (bicyclic) bond motifs is 4. The average Bonchev–Trinajstić information content (AvgIpc) is 3.01. The zero-order valence-electron chi connectivity index (χ0n) is 24.3. The molecule has 7 N–H and O–H groups in total. The summed E-state index contributed by atoms with van der Waals surface area (Å²) in [5.41, 5.74) is 4.22. The summed E-state index contributed by atoms with van der Waals surface area (Å²) in [5.74, 6) is 10.1. The lowest BCUT2D eigenvalue weighted by Gasteiger charge is -2.23. The number of esters is 1. The first-order valence-corrected chi connectivity index (χ1v) is 14.1. The fraction of sp³-hybridized carbons (Fsp3) is 0.300. The number of allylic oxidation sites excluding steroid dienone is 5. The third kappa shape index (κ3) is 9.97. The number of carbonyl (C=O) groups is 2. The highest BCUT2D eigenvalue weighted by Crippen LogP contribution is 2.33. The van der Waals surface area contributed by atoms with Gasteiger partial charge in [-0.1, -0.05) is 43.2 Å². The van der Waals surface area contributed by atoms with Crippen LogP contribution in [0.5, 0.6) is 0 Å². The number of amides is 1. The highest BCUT2D eigenvalue weighted by atomic mass is 35.5. The zero-order valence-corrected chi connectivity index (χ0v) is 25.1. The second-order valence-electron chi connectivity index (χ2n) is 9.63. The molecule has 2 heterocycles. The summed E-state index contributed by atoms with van der Waals surface area (Å²) >= 11 is 6.22.